The van der Waals surface area contributed by atoms with Crippen LogP contribution in [-0.4, -0.2) is 43.7 Å². The zero-order chi connectivity index (χ0) is 17.0. The van der Waals surface area contributed by atoms with Crippen LogP contribution in [0.3, 0.4) is 0 Å². The molecule has 0 spiro atoms. The Bertz CT molecular complexity index is 559. The van der Waals surface area contributed by atoms with E-state index in [2.05, 4.69) is 13.8 Å². The number of hydrogen-bond donors (Lipinski definition) is 1. The second-order valence-electron chi connectivity index (χ2n) is 6.29. The largest absolute Gasteiger partial charge is 0.496 e. The Kier molecular flexibility index (Phi) is 8.13. The fraction of sp³-hybridized carbons (Fsp3) is 0.588. The number of nitrogen functional groups attached to an aromatic ring is 1. The third-order valence-corrected chi connectivity index (χ3v) is 4.27. The molecule has 2 N–H and O–H groups in total. The molecule has 1 heterocycles. The summed E-state index contributed by atoms with van der Waals surface area (Å²) in [5.74, 6) is 0.900. The summed E-state index contributed by atoms with van der Waals surface area (Å²) >= 11 is 6.05. The highest BCUT2D eigenvalue weighted by Gasteiger charge is 2.26. The maximum absolute atomic E-state index is 12.7. The Morgan fingerprint density at radius 2 is 2.00 bits per heavy atom. The summed E-state index contributed by atoms with van der Waals surface area (Å²) in [5, 5.41) is 0.365. The number of amides is 1. The van der Waals surface area contributed by atoms with E-state index in [9.17, 15) is 4.79 Å². The number of nitrogens with two attached hydrogens (primary N) is 1. The van der Waals surface area contributed by atoms with Gasteiger partial charge in [0.25, 0.3) is 5.91 Å². The summed E-state index contributed by atoms with van der Waals surface area (Å²) in [5.41, 5.74) is 6.62. The Labute approximate surface area is 154 Å². The lowest BCUT2D eigenvalue weighted by atomic mass is 10.1. The highest BCUT2D eigenvalue weighted by molar-refractivity contribution is 6.33. The number of carbonyl (C=O) groups is 1. The minimum Gasteiger partial charge on any atom is -0.496 e. The van der Waals surface area contributed by atoms with E-state index in [4.69, 9.17) is 26.8 Å². The van der Waals surface area contributed by atoms with Gasteiger partial charge in [-0.25, -0.2) is 0 Å². The van der Waals surface area contributed by atoms with E-state index >= 15 is 0 Å². The molecule has 1 aliphatic rings. The number of benzene rings is 1. The molecule has 2 rings (SSSR count). The van der Waals surface area contributed by atoms with Gasteiger partial charge in [0.1, 0.15) is 5.75 Å². The second kappa shape index (κ2) is 9.35. The number of ether oxygens (including phenoxy) is 2. The highest BCUT2D eigenvalue weighted by Crippen LogP contribution is 2.30. The standard InChI is InChI=1S/C17H25ClN2O3.ClH/c1-11(2)10-23-12-4-6-20(7-5-12)17(21)13-8-14(18)15(19)9-16(13)22-3;/h8-9,11-12H,4-7,10,19H2,1-3H3;1H. The molecule has 0 bridgehead atoms. The first-order valence-corrected chi connectivity index (χ1v) is 8.34. The molecule has 0 atom stereocenters. The predicted octanol–water partition coefficient (Wildman–Crippen LogP) is 3.63. The van der Waals surface area contributed by atoms with Gasteiger partial charge in [0.15, 0.2) is 0 Å². The van der Waals surface area contributed by atoms with Crippen LogP contribution in [-0.2, 0) is 4.74 Å². The normalized spacial score (nSPS) is 15.3. The van der Waals surface area contributed by atoms with Gasteiger partial charge in [-0.3, -0.25) is 4.79 Å². The molecule has 7 heteroatoms. The maximum Gasteiger partial charge on any atom is 0.257 e. The molecule has 0 saturated carbocycles. The van der Waals surface area contributed by atoms with Crippen LogP contribution in [0.1, 0.15) is 37.0 Å². The van der Waals surface area contributed by atoms with Crippen molar-refractivity contribution in [3.63, 3.8) is 0 Å². The zero-order valence-electron chi connectivity index (χ0n) is 14.4. The van der Waals surface area contributed by atoms with Gasteiger partial charge in [0.05, 0.1) is 29.5 Å². The number of hydrogen-bond acceptors (Lipinski definition) is 4. The molecule has 0 aromatic heterocycles. The van der Waals surface area contributed by atoms with E-state index in [-0.39, 0.29) is 24.4 Å². The van der Waals surface area contributed by atoms with Crippen LogP contribution in [0.2, 0.25) is 5.02 Å². The lowest BCUT2D eigenvalue weighted by Crippen LogP contribution is -2.41. The van der Waals surface area contributed by atoms with Crippen molar-refractivity contribution in [3.8, 4) is 5.75 Å². The summed E-state index contributed by atoms with van der Waals surface area (Å²) < 4.78 is 11.1. The Balaban J connectivity index is 0.00000288. The van der Waals surface area contributed by atoms with Gasteiger partial charge in [-0.1, -0.05) is 25.4 Å². The molecule has 136 valence electrons. The topological polar surface area (TPSA) is 64.8 Å². The number of piperidine rings is 1. The molecule has 0 unspecified atom stereocenters. The molecule has 1 fully saturated rings. The van der Waals surface area contributed by atoms with E-state index in [0.29, 0.717) is 41.0 Å². The summed E-state index contributed by atoms with van der Waals surface area (Å²) in [4.78, 5) is 14.5. The highest BCUT2D eigenvalue weighted by atomic mass is 35.5. The van der Waals surface area contributed by atoms with Crippen molar-refractivity contribution in [3.05, 3.63) is 22.7 Å². The summed E-state index contributed by atoms with van der Waals surface area (Å²) in [6.45, 7) is 6.38. The van der Waals surface area contributed by atoms with Gasteiger partial charge >= 0.3 is 0 Å². The van der Waals surface area contributed by atoms with Gasteiger partial charge in [0, 0.05) is 25.8 Å². The Hall–Kier alpha value is -1.17. The van der Waals surface area contributed by atoms with Crippen molar-refractivity contribution in [2.45, 2.75) is 32.8 Å². The molecule has 1 amide bonds. The molecule has 1 aromatic carbocycles. The number of methoxy groups -OCH3 is 1. The number of halogens is 2. The third kappa shape index (κ3) is 5.16. The molecule has 0 aliphatic carbocycles. The molecule has 1 saturated heterocycles. The monoisotopic (exact) mass is 376 g/mol. The van der Waals surface area contributed by atoms with Crippen molar-refractivity contribution in [1.29, 1.82) is 0 Å². The summed E-state index contributed by atoms with van der Waals surface area (Å²) in [6.07, 6.45) is 1.94. The SMILES string of the molecule is COc1cc(N)c(Cl)cc1C(=O)N1CCC(OCC(C)C)CC1.Cl. The summed E-state index contributed by atoms with van der Waals surface area (Å²) in [6, 6.07) is 3.17. The third-order valence-electron chi connectivity index (χ3n) is 3.94. The lowest BCUT2D eigenvalue weighted by molar-refractivity contribution is -0.00236. The molecule has 1 aliphatic heterocycles. The van der Waals surface area contributed by atoms with Crippen molar-refractivity contribution in [2.75, 3.05) is 32.5 Å². The van der Waals surface area contributed by atoms with E-state index in [0.717, 1.165) is 19.4 Å². The molecule has 24 heavy (non-hydrogen) atoms. The van der Waals surface area contributed by atoms with Gasteiger partial charge in [0.2, 0.25) is 0 Å². The van der Waals surface area contributed by atoms with Gasteiger partial charge < -0.3 is 20.1 Å². The minimum absolute atomic E-state index is 0. The van der Waals surface area contributed by atoms with E-state index < -0.39 is 0 Å². The minimum atomic E-state index is -0.0777. The van der Waals surface area contributed by atoms with Crippen LogP contribution in [0.15, 0.2) is 12.1 Å². The average molecular weight is 377 g/mol. The van der Waals surface area contributed by atoms with Gasteiger partial charge in [-0.15, -0.1) is 12.4 Å². The lowest BCUT2D eigenvalue weighted by Gasteiger charge is -2.32. The maximum atomic E-state index is 12.7. The molecule has 0 radical (unpaired) electrons. The molecule has 5 nitrogen and oxygen atoms in total. The number of likely N-dealkylation sites (tertiary alicyclic amines) is 1. The number of anilines is 1. The fourth-order valence-corrected chi connectivity index (χ4v) is 2.79. The quantitative estimate of drug-likeness (QED) is 0.796. The van der Waals surface area contributed by atoms with Crippen molar-refractivity contribution >= 4 is 35.6 Å². The van der Waals surface area contributed by atoms with E-state index in [1.54, 1.807) is 12.1 Å². The first-order chi connectivity index (χ1) is 10.9. The Morgan fingerprint density at radius 1 is 1.38 bits per heavy atom. The average Bonchev–Trinajstić information content (AvgIpc) is 2.54. The fourth-order valence-electron chi connectivity index (χ4n) is 2.63. The van der Waals surface area contributed by atoms with E-state index in [1.807, 2.05) is 4.90 Å². The van der Waals surface area contributed by atoms with Crippen LogP contribution in [0.5, 0.6) is 5.75 Å². The van der Waals surface area contributed by atoms with Crippen LogP contribution >= 0.6 is 24.0 Å². The number of nitrogens with zero attached hydrogens (tertiary/aromatic N) is 1. The second-order valence-corrected chi connectivity index (χ2v) is 6.70. The molecular weight excluding hydrogens is 351 g/mol. The number of rotatable bonds is 5. The van der Waals surface area contributed by atoms with Crippen LogP contribution in [0.25, 0.3) is 0 Å². The van der Waals surface area contributed by atoms with Crippen molar-refractivity contribution in [2.24, 2.45) is 5.92 Å². The predicted molar refractivity (Wildman–Crippen MR) is 99.4 cm³/mol. The first-order valence-electron chi connectivity index (χ1n) is 7.96. The van der Waals surface area contributed by atoms with Crippen LogP contribution in [0.4, 0.5) is 5.69 Å². The van der Waals surface area contributed by atoms with Crippen LogP contribution < -0.4 is 10.5 Å². The van der Waals surface area contributed by atoms with Gasteiger partial charge in [-0.05, 0) is 24.8 Å². The molecule has 1 aromatic rings. The first kappa shape index (κ1) is 20.9. The van der Waals surface area contributed by atoms with E-state index in [1.165, 1.54) is 7.11 Å². The number of carbonyl (C=O) groups excluding carboxylic acids is 1. The summed E-state index contributed by atoms with van der Waals surface area (Å²) in [7, 11) is 1.52. The smallest absolute Gasteiger partial charge is 0.257 e. The zero-order valence-corrected chi connectivity index (χ0v) is 16.0. The van der Waals surface area contributed by atoms with Crippen molar-refractivity contribution in [1.82, 2.24) is 4.90 Å². The molecular formula is C17H26Cl2N2O3. The van der Waals surface area contributed by atoms with Crippen molar-refractivity contribution < 1.29 is 14.3 Å². The van der Waals surface area contributed by atoms with Gasteiger partial charge in [-0.2, -0.15) is 0 Å². The Morgan fingerprint density at radius 3 is 2.54 bits per heavy atom. The van der Waals surface area contributed by atoms with Crippen LogP contribution in [0, 0.1) is 5.92 Å².